The van der Waals surface area contributed by atoms with Crippen LogP contribution in [0.1, 0.15) is 34.6 Å². The Hall–Kier alpha value is -0.130. The van der Waals surface area contributed by atoms with E-state index in [-0.39, 0.29) is 6.04 Å². The van der Waals surface area contributed by atoms with Crippen LogP contribution < -0.4 is 5.48 Å². The van der Waals surface area contributed by atoms with Gasteiger partial charge in [0.15, 0.2) is 0 Å². The highest BCUT2D eigenvalue weighted by molar-refractivity contribution is 7.88. The van der Waals surface area contributed by atoms with Gasteiger partial charge in [-0.05, 0) is 34.6 Å². The molecule has 0 bridgehead atoms. The van der Waals surface area contributed by atoms with Crippen LogP contribution in [0.4, 0.5) is 0 Å². The van der Waals surface area contributed by atoms with Crippen LogP contribution in [0.5, 0.6) is 0 Å². The van der Waals surface area contributed by atoms with Crippen LogP contribution in [0, 0.1) is 0 Å². The van der Waals surface area contributed by atoms with E-state index in [1.165, 1.54) is 0 Å². The van der Waals surface area contributed by atoms with Gasteiger partial charge in [0.25, 0.3) is 10.1 Å². The first-order chi connectivity index (χ1) is 5.17. The third kappa shape index (κ3) is 3.51. The minimum Gasteiger partial charge on any atom is -0.197 e. The molecule has 0 aliphatic rings. The summed E-state index contributed by atoms with van der Waals surface area (Å²) in [4.78, 5) is 0. The van der Waals surface area contributed by atoms with Gasteiger partial charge in [0.2, 0.25) is 0 Å². The van der Waals surface area contributed by atoms with Gasteiger partial charge in [-0.2, -0.15) is 18.2 Å². The molecule has 0 rings (SSSR count). The van der Waals surface area contributed by atoms with Crippen molar-refractivity contribution in [3.63, 3.8) is 0 Å². The standard InChI is InChI=1S/C7H17NO3S/c1-6(2)8-11-12(9,10)7(3,4)5/h6,8H,1-5H3. The van der Waals surface area contributed by atoms with Crippen molar-refractivity contribution in [1.29, 1.82) is 0 Å². The maximum atomic E-state index is 11.3. The second-order valence-electron chi connectivity index (χ2n) is 3.92. The first-order valence-corrected chi connectivity index (χ1v) is 5.26. The Morgan fingerprint density at radius 3 is 1.92 bits per heavy atom. The van der Waals surface area contributed by atoms with Crippen LogP contribution >= 0.6 is 0 Å². The molecule has 0 spiro atoms. The average molecular weight is 195 g/mol. The molecule has 12 heavy (non-hydrogen) atoms. The third-order valence-electron chi connectivity index (χ3n) is 1.14. The summed E-state index contributed by atoms with van der Waals surface area (Å²) in [6, 6.07) is -0.0119. The highest BCUT2D eigenvalue weighted by atomic mass is 32.2. The van der Waals surface area contributed by atoms with E-state index in [1.54, 1.807) is 34.6 Å². The number of hydrogen-bond acceptors (Lipinski definition) is 4. The average Bonchev–Trinajstić information content (AvgIpc) is 1.81. The largest absolute Gasteiger partial charge is 0.288 e. The topological polar surface area (TPSA) is 55.4 Å². The van der Waals surface area contributed by atoms with E-state index in [1.807, 2.05) is 0 Å². The minimum atomic E-state index is -3.50. The summed E-state index contributed by atoms with van der Waals surface area (Å²) in [6.45, 7) is 8.37. The number of nitrogens with one attached hydrogen (secondary N) is 1. The van der Waals surface area contributed by atoms with Gasteiger partial charge in [-0.15, -0.1) is 0 Å². The van der Waals surface area contributed by atoms with Crippen molar-refractivity contribution in [2.45, 2.75) is 45.4 Å². The molecule has 0 unspecified atom stereocenters. The maximum Gasteiger partial charge on any atom is 0.288 e. The maximum absolute atomic E-state index is 11.3. The lowest BCUT2D eigenvalue weighted by Gasteiger charge is -2.19. The molecular formula is C7H17NO3S. The fraction of sp³-hybridized carbons (Fsp3) is 1.00. The number of hydrogen-bond donors (Lipinski definition) is 1. The molecule has 0 saturated carbocycles. The van der Waals surface area contributed by atoms with Crippen LogP contribution in [0.3, 0.4) is 0 Å². The molecule has 1 N–H and O–H groups in total. The zero-order valence-electron chi connectivity index (χ0n) is 8.21. The molecule has 0 aromatic heterocycles. The Kier molecular flexibility index (Phi) is 3.68. The van der Waals surface area contributed by atoms with Crippen LogP contribution in [0.15, 0.2) is 0 Å². The fourth-order valence-corrected chi connectivity index (χ4v) is 0.854. The SMILES string of the molecule is CC(C)NOS(=O)(=O)C(C)(C)C. The zero-order valence-corrected chi connectivity index (χ0v) is 9.03. The van der Waals surface area contributed by atoms with E-state index in [0.29, 0.717) is 0 Å². The van der Waals surface area contributed by atoms with Crippen molar-refractivity contribution in [3.05, 3.63) is 0 Å². The van der Waals surface area contributed by atoms with E-state index in [2.05, 4.69) is 9.76 Å². The monoisotopic (exact) mass is 195 g/mol. The van der Waals surface area contributed by atoms with Gasteiger partial charge in [-0.1, -0.05) is 0 Å². The van der Waals surface area contributed by atoms with E-state index < -0.39 is 14.9 Å². The summed E-state index contributed by atoms with van der Waals surface area (Å²) in [7, 11) is -3.50. The van der Waals surface area contributed by atoms with Crippen LogP contribution in [0.25, 0.3) is 0 Å². The van der Waals surface area contributed by atoms with E-state index in [4.69, 9.17) is 0 Å². The highest BCUT2D eigenvalue weighted by Gasteiger charge is 2.30. The zero-order chi connectivity index (χ0) is 9.99. The van der Waals surface area contributed by atoms with Crippen molar-refractivity contribution in [2.24, 2.45) is 0 Å². The van der Waals surface area contributed by atoms with E-state index in [0.717, 1.165) is 0 Å². The smallest absolute Gasteiger partial charge is 0.197 e. The fourth-order valence-electron chi connectivity index (χ4n) is 0.285. The van der Waals surface area contributed by atoms with Gasteiger partial charge in [-0.25, -0.2) is 0 Å². The molecule has 0 heterocycles. The Labute approximate surface area is 74.4 Å². The lowest BCUT2D eigenvalue weighted by Crippen LogP contribution is -2.36. The Morgan fingerprint density at radius 1 is 1.25 bits per heavy atom. The molecule has 5 heteroatoms. The molecule has 0 fully saturated rings. The summed E-state index contributed by atoms with van der Waals surface area (Å²) >= 11 is 0. The van der Waals surface area contributed by atoms with E-state index in [9.17, 15) is 8.42 Å². The summed E-state index contributed by atoms with van der Waals surface area (Å²) in [5.41, 5.74) is 2.40. The van der Waals surface area contributed by atoms with Gasteiger partial charge >= 0.3 is 0 Å². The lowest BCUT2D eigenvalue weighted by molar-refractivity contribution is 0.170. The molecule has 4 nitrogen and oxygen atoms in total. The molecule has 0 radical (unpaired) electrons. The molecule has 0 aromatic rings. The summed E-state index contributed by atoms with van der Waals surface area (Å²) in [5, 5.41) is 0. The van der Waals surface area contributed by atoms with Crippen molar-refractivity contribution in [2.75, 3.05) is 0 Å². The third-order valence-corrected chi connectivity index (χ3v) is 2.96. The summed E-state index contributed by atoms with van der Waals surface area (Å²) < 4.78 is 26.2. The quantitative estimate of drug-likeness (QED) is 0.684. The Bertz CT molecular complexity index is 226. The number of rotatable bonds is 3. The van der Waals surface area contributed by atoms with Crippen molar-refractivity contribution in [1.82, 2.24) is 5.48 Å². The number of hydroxylamine groups is 1. The molecule has 0 amide bonds. The van der Waals surface area contributed by atoms with Gasteiger partial charge in [0, 0.05) is 6.04 Å². The van der Waals surface area contributed by atoms with Gasteiger partial charge < -0.3 is 0 Å². The highest BCUT2D eigenvalue weighted by Crippen LogP contribution is 2.15. The van der Waals surface area contributed by atoms with E-state index >= 15 is 0 Å². The van der Waals surface area contributed by atoms with Gasteiger partial charge in [-0.3, -0.25) is 0 Å². The molecule has 0 aliphatic heterocycles. The van der Waals surface area contributed by atoms with Crippen LogP contribution in [0.2, 0.25) is 0 Å². The lowest BCUT2D eigenvalue weighted by atomic mass is 10.3. The predicted molar refractivity (Wildman–Crippen MR) is 48.0 cm³/mol. The van der Waals surface area contributed by atoms with Gasteiger partial charge in [0.1, 0.15) is 0 Å². The normalized spacial score (nSPS) is 13.8. The second kappa shape index (κ2) is 3.72. The van der Waals surface area contributed by atoms with Crippen LogP contribution in [-0.2, 0) is 14.4 Å². The first kappa shape index (κ1) is 11.9. The summed E-state index contributed by atoms with van der Waals surface area (Å²) in [5.74, 6) is 0. The van der Waals surface area contributed by atoms with Crippen molar-refractivity contribution >= 4 is 10.1 Å². The predicted octanol–water partition coefficient (Wildman–Crippen LogP) is 1.04. The molecule has 0 aromatic carbocycles. The van der Waals surface area contributed by atoms with Crippen LogP contribution in [-0.4, -0.2) is 19.2 Å². The Morgan fingerprint density at radius 2 is 1.67 bits per heavy atom. The van der Waals surface area contributed by atoms with Crippen molar-refractivity contribution in [3.8, 4) is 0 Å². The molecule has 74 valence electrons. The van der Waals surface area contributed by atoms with Gasteiger partial charge in [0.05, 0.1) is 4.75 Å². The van der Waals surface area contributed by atoms with Crippen molar-refractivity contribution < 1.29 is 12.7 Å². The Balaban J connectivity index is 4.27. The second-order valence-corrected chi connectivity index (χ2v) is 6.22. The molecule has 0 atom stereocenters. The molecule has 0 aliphatic carbocycles. The first-order valence-electron chi connectivity index (χ1n) is 3.85. The minimum absolute atomic E-state index is 0.0119. The molecule has 0 saturated heterocycles. The molecular weight excluding hydrogens is 178 g/mol. The summed E-state index contributed by atoms with van der Waals surface area (Å²) in [6.07, 6.45) is 0.